The second-order valence-corrected chi connectivity index (χ2v) is 6.35. The number of carbonyl (C=O) groups excluding carboxylic acids is 1. The smallest absolute Gasteiger partial charge is 0.246 e. The van der Waals surface area contributed by atoms with Gasteiger partial charge in [0, 0.05) is 22.7 Å². The van der Waals surface area contributed by atoms with Crippen molar-refractivity contribution in [2.75, 3.05) is 11.9 Å². The molecule has 0 N–H and O–H groups in total. The molecule has 1 atom stereocenters. The molecule has 0 bridgehead atoms. The van der Waals surface area contributed by atoms with Crippen LogP contribution in [0.1, 0.15) is 25.8 Å². The maximum atomic E-state index is 13.3. The molecule has 0 aromatic heterocycles. The molecule has 0 aliphatic carbocycles. The molecule has 5 heteroatoms. The maximum absolute atomic E-state index is 13.3. The third-order valence-electron chi connectivity index (χ3n) is 3.36. The predicted molar refractivity (Wildman–Crippen MR) is 75.2 cm³/mol. The molecule has 1 unspecified atom stereocenters. The van der Waals surface area contributed by atoms with E-state index in [4.69, 9.17) is 0 Å². The molecule has 1 aromatic rings. The number of benzene rings is 1. The van der Waals surface area contributed by atoms with Crippen LogP contribution in [0, 0.1) is 3.57 Å². The summed E-state index contributed by atoms with van der Waals surface area (Å²) < 4.78 is 27.6. The molecule has 1 amide bonds. The van der Waals surface area contributed by atoms with Crippen LogP contribution in [0.2, 0.25) is 0 Å². The molecule has 0 saturated heterocycles. The number of nitrogens with zero attached hydrogens (tertiary/aromatic N) is 1. The van der Waals surface area contributed by atoms with Gasteiger partial charge in [-0.25, -0.2) is 8.78 Å². The van der Waals surface area contributed by atoms with Gasteiger partial charge in [0.1, 0.15) is 0 Å². The number of fused-ring (bicyclic) bond motifs is 1. The summed E-state index contributed by atoms with van der Waals surface area (Å²) in [4.78, 5) is 13.7. The van der Waals surface area contributed by atoms with E-state index < -0.39 is 17.8 Å². The summed E-state index contributed by atoms with van der Waals surface area (Å²) in [7, 11) is 1.63. The number of carbonyl (C=O) groups is 1. The standard InChI is InChI=1S/C13H14F2INO/c1-12(7-13(2,14)15)9-6-8(16)4-5-10(9)17(3)11(12)18/h4-6H,7H2,1-3H3. The van der Waals surface area contributed by atoms with Gasteiger partial charge in [-0.15, -0.1) is 0 Å². The molecule has 1 aliphatic heterocycles. The molecule has 0 fully saturated rings. The monoisotopic (exact) mass is 365 g/mol. The highest BCUT2D eigenvalue weighted by molar-refractivity contribution is 14.1. The Bertz CT molecular complexity index is 512. The summed E-state index contributed by atoms with van der Waals surface area (Å²) >= 11 is 2.12. The summed E-state index contributed by atoms with van der Waals surface area (Å²) in [6.45, 7) is 2.46. The van der Waals surface area contributed by atoms with Gasteiger partial charge in [-0.05, 0) is 60.2 Å². The number of likely N-dealkylation sites (N-methyl/N-ethyl adjacent to an activating group) is 1. The molecule has 18 heavy (non-hydrogen) atoms. The third-order valence-corrected chi connectivity index (χ3v) is 4.03. The minimum absolute atomic E-state index is 0.263. The van der Waals surface area contributed by atoms with Gasteiger partial charge in [-0.2, -0.15) is 0 Å². The van der Waals surface area contributed by atoms with Crippen LogP contribution in [0.3, 0.4) is 0 Å². The molecule has 98 valence electrons. The molecule has 1 aromatic carbocycles. The fourth-order valence-corrected chi connectivity index (χ4v) is 3.12. The Morgan fingerprint density at radius 1 is 1.44 bits per heavy atom. The van der Waals surface area contributed by atoms with Crippen molar-refractivity contribution in [3.63, 3.8) is 0 Å². The van der Waals surface area contributed by atoms with Crippen LogP contribution < -0.4 is 4.90 Å². The average Bonchev–Trinajstić information content (AvgIpc) is 2.39. The molecular formula is C13H14F2INO. The van der Waals surface area contributed by atoms with E-state index >= 15 is 0 Å². The average molecular weight is 365 g/mol. The zero-order valence-corrected chi connectivity index (χ0v) is 12.6. The van der Waals surface area contributed by atoms with Crippen LogP contribution in [0.5, 0.6) is 0 Å². The first-order chi connectivity index (χ1) is 8.15. The summed E-state index contributed by atoms with van der Waals surface area (Å²) in [5.74, 6) is -3.13. The van der Waals surface area contributed by atoms with Crippen LogP contribution in [-0.2, 0) is 10.2 Å². The molecular weight excluding hydrogens is 351 g/mol. The first-order valence-corrected chi connectivity index (χ1v) is 6.69. The predicted octanol–water partition coefficient (Wildman–Crippen LogP) is 3.57. The van der Waals surface area contributed by atoms with Gasteiger partial charge in [-0.3, -0.25) is 4.79 Å². The van der Waals surface area contributed by atoms with E-state index in [0.29, 0.717) is 5.56 Å². The Kier molecular flexibility index (Phi) is 3.16. The number of anilines is 1. The molecule has 0 radical (unpaired) electrons. The fourth-order valence-electron chi connectivity index (χ4n) is 2.63. The quantitative estimate of drug-likeness (QED) is 0.734. The Balaban J connectivity index is 2.57. The number of alkyl halides is 2. The van der Waals surface area contributed by atoms with Crippen molar-refractivity contribution in [3.05, 3.63) is 27.3 Å². The van der Waals surface area contributed by atoms with Gasteiger partial charge in [0.15, 0.2) is 0 Å². The zero-order chi connectivity index (χ0) is 13.7. The first kappa shape index (κ1) is 13.7. The van der Waals surface area contributed by atoms with E-state index in [2.05, 4.69) is 22.6 Å². The van der Waals surface area contributed by atoms with Crippen molar-refractivity contribution in [2.24, 2.45) is 0 Å². The van der Waals surface area contributed by atoms with Crippen LogP contribution >= 0.6 is 22.6 Å². The van der Waals surface area contributed by atoms with Crippen LogP contribution in [0.15, 0.2) is 18.2 Å². The highest BCUT2D eigenvalue weighted by Crippen LogP contribution is 2.46. The van der Waals surface area contributed by atoms with E-state index in [0.717, 1.165) is 16.2 Å². The Hall–Kier alpha value is -0.720. The van der Waals surface area contributed by atoms with Gasteiger partial charge in [0.25, 0.3) is 0 Å². The summed E-state index contributed by atoms with van der Waals surface area (Å²) in [6.07, 6.45) is -0.462. The maximum Gasteiger partial charge on any atom is 0.246 e. The van der Waals surface area contributed by atoms with E-state index in [1.54, 1.807) is 14.0 Å². The number of hydrogen-bond donors (Lipinski definition) is 0. The van der Waals surface area contributed by atoms with Gasteiger partial charge in [0.2, 0.25) is 11.8 Å². The van der Waals surface area contributed by atoms with Crippen LogP contribution in [0.25, 0.3) is 0 Å². The molecule has 0 saturated carbocycles. The molecule has 2 nitrogen and oxygen atoms in total. The number of amides is 1. The van der Waals surface area contributed by atoms with E-state index in [9.17, 15) is 13.6 Å². The van der Waals surface area contributed by atoms with E-state index in [-0.39, 0.29) is 5.91 Å². The lowest BCUT2D eigenvalue weighted by molar-refractivity contribution is -0.125. The van der Waals surface area contributed by atoms with E-state index in [1.165, 1.54) is 4.90 Å². The highest BCUT2D eigenvalue weighted by Gasteiger charge is 2.50. The summed E-state index contributed by atoms with van der Waals surface area (Å²) in [6, 6.07) is 5.51. The van der Waals surface area contributed by atoms with Gasteiger partial charge >= 0.3 is 0 Å². The number of hydrogen-bond acceptors (Lipinski definition) is 1. The first-order valence-electron chi connectivity index (χ1n) is 5.61. The van der Waals surface area contributed by atoms with Crippen molar-refractivity contribution in [3.8, 4) is 0 Å². The summed E-state index contributed by atoms with van der Waals surface area (Å²) in [5.41, 5.74) is 0.291. The Labute approximate surface area is 118 Å². The van der Waals surface area contributed by atoms with Crippen molar-refractivity contribution in [2.45, 2.75) is 31.6 Å². The van der Waals surface area contributed by atoms with Gasteiger partial charge in [-0.1, -0.05) is 0 Å². The molecule has 1 aliphatic rings. The topological polar surface area (TPSA) is 20.3 Å². The summed E-state index contributed by atoms with van der Waals surface area (Å²) in [5, 5.41) is 0. The minimum atomic E-state index is -2.87. The van der Waals surface area contributed by atoms with Crippen molar-refractivity contribution in [1.29, 1.82) is 0 Å². The Morgan fingerprint density at radius 3 is 2.61 bits per heavy atom. The van der Waals surface area contributed by atoms with E-state index in [1.807, 2.05) is 18.2 Å². The number of halogens is 3. The lowest BCUT2D eigenvalue weighted by Crippen LogP contribution is -2.39. The molecule has 2 rings (SSSR count). The van der Waals surface area contributed by atoms with Crippen molar-refractivity contribution < 1.29 is 13.6 Å². The fraction of sp³-hybridized carbons (Fsp3) is 0.462. The third kappa shape index (κ3) is 2.13. The number of rotatable bonds is 2. The largest absolute Gasteiger partial charge is 0.314 e. The molecule has 0 spiro atoms. The van der Waals surface area contributed by atoms with Gasteiger partial charge in [0.05, 0.1) is 5.41 Å². The SMILES string of the molecule is CN1C(=O)C(C)(CC(C)(F)F)c2cc(I)ccc21. The Morgan fingerprint density at radius 2 is 2.06 bits per heavy atom. The van der Waals surface area contributed by atoms with Crippen LogP contribution in [0.4, 0.5) is 14.5 Å². The highest BCUT2D eigenvalue weighted by atomic mass is 127. The minimum Gasteiger partial charge on any atom is -0.314 e. The van der Waals surface area contributed by atoms with Crippen LogP contribution in [-0.4, -0.2) is 18.9 Å². The lowest BCUT2D eigenvalue weighted by atomic mass is 9.79. The second kappa shape index (κ2) is 4.15. The molecule has 1 heterocycles. The zero-order valence-electron chi connectivity index (χ0n) is 10.4. The normalized spacial score (nSPS) is 23.4. The van der Waals surface area contributed by atoms with Gasteiger partial charge < -0.3 is 4.90 Å². The second-order valence-electron chi connectivity index (χ2n) is 5.10. The van der Waals surface area contributed by atoms with Crippen molar-refractivity contribution >= 4 is 34.2 Å². The lowest BCUT2D eigenvalue weighted by Gasteiger charge is -2.26. The van der Waals surface area contributed by atoms with Crippen molar-refractivity contribution in [1.82, 2.24) is 0 Å².